The van der Waals surface area contributed by atoms with Gasteiger partial charge in [-0.1, -0.05) is 28.9 Å². The van der Waals surface area contributed by atoms with Gasteiger partial charge < -0.3 is 4.52 Å². The molecule has 3 rings (SSSR count). The maximum Gasteiger partial charge on any atom is 0.209 e. The lowest BCUT2D eigenvalue weighted by atomic mass is 10.1. The highest BCUT2D eigenvalue weighted by Crippen LogP contribution is 2.29. The zero-order valence-electron chi connectivity index (χ0n) is 9.71. The molecule has 3 aromatic rings. The molecular weight excluding hydrogens is 282 g/mol. The molecule has 0 N–H and O–H groups in total. The Morgan fingerprint density at radius 3 is 2.68 bits per heavy atom. The molecule has 4 nitrogen and oxygen atoms in total. The number of aliphatic imine (C=N–C) groups is 1. The second-order valence-corrected chi connectivity index (χ2v) is 5.03. The summed E-state index contributed by atoms with van der Waals surface area (Å²) in [6.45, 7) is 3.44. The van der Waals surface area contributed by atoms with Crippen molar-refractivity contribution in [1.82, 2.24) is 10.1 Å². The third-order valence-corrected chi connectivity index (χ3v) is 3.55. The Labute approximate surface area is 118 Å². The largest absolute Gasteiger partial charge is 0.354 e. The molecule has 0 saturated heterocycles. The summed E-state index contributed by atoms with van der Waals surface area (Å²) in [5, 5.41) is 7.18. The molecule has 6 heteroatoms. The molecule has 2 aromatic heterocycles. The van der Waals surface area contributed by atoms with Crippen molar-refractivity contribution in [3.63, 3.8) is 0 Å². The van der Waals surface area contributed by atoms with Crippen molar-refractivity contribution in [2.45, 2.75) is 0 Å². The van der Waals surface area contributed by atoms with Crippen LogP contribution in [0.2, 0.25) is 5.02 Å². The van der Waals surface area contributed by atoms with Gasteiger partial charge >= 0.3 is 0 Å². The van der Waals surface area contributed by atoms with Crippen molar-refractivity contribution in [3.05, 3.63) is 40.7 Å². The van der Waals surface area contributed by atoms with E-state index in [1.54, 1.807) is 0 Å². The average molecular weight is 290 g/mol. The summed E-state index contributed by atoms with van der Waals surface area (Å²) in [5.74, 6) is 0.608. The van der Waals surface area contributed by atoms with Crippen molar-refractivity contribution in [2.24, 2.45) is 4.99 Å². The summed E-state index contributed by atoms with van der Waals surface area (Å²) in [4.78, 5) is 8.03. The number of rotatable bonds is 3. The molecule has 0 fully saturated rings. The number of hydrogen-bond donors (Lipinski definition) is 0. The van der Waals surface area contributed by atoms with E-state index in [-0.39, 0.29) is 0 Å². The van der Waals surface area contributed by atoms with Crippen LogP contribution in [0.3, 0.4) is 0 Å². The topological polar surface area (TPSA) is 51.3 Å². The summed E-state index contributed by atoms with van der Waals surface area (Å²) in [6.07, 6.45) is 0. The highest BCUT2D eigenvalue weighted by atomic mass is 35.5. The number of nitrogens with zero attached hydrogens (tertiary/aromatic N) is 3. The first-order valence-corrected chi connectivity index (χ1v) is 6.67. The van der Waals surface area contributed by atoms with Crippen LogP contribution in [-0.4, -0.2) is 16.9 Å². The SMILES string of the molecule is C=Nc1nc(-c2cc(-c3ccc(Cl)cc3)no2)cs1. The molecule has 0 atom stereocenters. The van der Waals surface area contributed by atoms with Gasteiger partial charge in [0.2, 0.25) is 5.13 Å². The Balaban J connectivity index is 1.94. The Morgan fingerprint density at radius 1 is 1.21 bits per heavy atom. The van der Waals surface area contributed by atoms with E-state index in [1.165, 1.54) is 11.3 Å². The maximum absolute atomic E-state index is 5.85. The van der Waals surface area contributed by atoms with Gasteiger partial charge in [-0.3, -0.25) is 0 Å². The Morgan fingerprint density at radius 2 is 2.00 bits per heavy atom. The molecule has 0 aliphatic rings. The molecule has 94 valence electrons. The number of halogens is 1. The number of hydrogen-bond acceptors (Lipinski definition) is 5. The van der Waals surface area contributed by atoms with Crippen LogP contribution < -0.4 is 0 Å². The van der Waals surface area contributed by atoms with Gasteiger partial charge in [-0.2, -0.15) is 0 Å². The van der Waals surface area contributed by atoms with Crippen LogP contribution >= 0.6 is 22.9 Å². The van der Waals surface area contributed by atoms with Crippen LogP contribution in [0.1, 0.15) is 0 Å². The van der Waals surface area contributed by atoms with Crippen molar-refractivity contribution in [1.29, 1.82) is 0 Å². The Hall–Kier alpha value is -1.98. The fraction of sp³-hybridized carbons (Fsp3) is 0. The lowest BCUT2D eigenvalue weighted by Crippen LogP contribution is -1.75. The maximum atomic E-state index is 5.85. The van der Waals surface area contributed by atoms with E-state index >= 15 is 0 Å². The van der Waals surface area contributed by atoms with Crippen LogP contribution in [0.15, 0.2) is 45.2 Å². The molecule has 0 spiro atoms. The monoisotopic (exact) mass is 289 g/mol. The third-order valence-electron chi connectivity index (χ3n) is 2.53. The molecule has 0 aliphatic heterocycles. The highest BCUT2D eigenvalue weighted by Gasteiger charge is 2.11. The predicted molar refractivity (Wildman–Crippen MR) is 77.3 cm³/mol. The van der Waals surface area contributed by atoms with E-state index in [2.05, 4.69) is 21.9 Å². The van der Waals surface area contributed by atoms with E-state index in [9.17, 15) is 0 Å². The van der Waals surface area contributed by atoms with Gasteiger partial charge in [0.15, 0.2) is 5.76 Å². The minimum atomic E-state index is 0.608. The average Bonchev–Trinajstić information content (AvgIpc) is 3.08. The molecule has 0 bridgehead atoms. The van der Waals surface area contributed by atoms with Crippen molar-refractivity contribution < 1.29 is 4.52 Å². The first-order chi connectivity index (χ1) is 9.26. The van der Waals surface area contributed by atoms with Gasteiger partial charge in [-0.05, 0) is 18.9 Å². The normalized spacial score (nSPS) is 10.6. The fourth-order valence-electron chi connectivity index (χ4n) is 1.60. The molecule has 0 amide bonds. The first-order valence-electron chi connectivity index (χ1n) is 5.41. The lowest BCUT2D eigenvalue weighted by Gasteiger charge is -1.93. The van der Waals surface area contributed by atoms with Gasteiger partial charge in [0, 0.05) is 22.0 Å². The summed E-state index contributed by atoms with van der Waals surface area (Å²) < 4.78 is 5.29. The fourth-order valence-corrected chi connectivity index (χ4v) is 2.34. The van der Waals surface area contributed by atoms with E-state index in [1.807, 2.05) is 35.7 Å². The summed E-state index contributed by atoms with van der Waals surface area (Å²) in [5.41, 5.74) is 2.39. The quantitative estimate of drug-likeness (QED) is 0.669. The van der Waals surface area contributed by atoms with Crippen LogP contribution in [0.4, 0.5) is 5.13 Å². The smallest absolute Gasteiger partial charge is 0.209 e. The molecule has 0 saturated carbocycles. The number of thiazole rings is 1. The zero-order chi connectivity index (χ0) is 13.2. The van der Waals surface area contributed by atoms with Gasteiger partial charge in [0.25, 0.3) is 0 Å². The standard InChI is InChI=1S/C13H8ClN3OS/c1-15-13-16-11(7-19-13)12-6-10(17-18-12)8-2-4-9(14)5-3-8/h2-7H,1H2. The van der Waals surface area contributed by atoms with Gasteiger partial charge in [-0.15, -0.1) is 11.3 Å². The molecule has 2 heterocycles. The zero-order valence-corrected chi connectivity index (χ0v) is 11.3. The van der Waals surface area contributed by atoms with E-state index in [4.69, 9.17) is 16.1 Å². The minimum absolute atomic E-state index is 0.608. The second-order valence-electron chi connectivity index (χ2n) is 3.76. The van der Waals surface area contributed by atoms with Crippen molar-refractivity contribution >= 4 is 34.8 Å². The molecule has 1 aromatic carbocycles. The van der Waals surface area contributed by atoms with Crippen LogP contribution in [0.5, 0.6) is 0 Å². The van der Waals surface area contributed by atoms with E-state index < -0.39 is 0 Å². The van der Waals surface area contributed by atoms with Gasteiger partial charge in [0.1, 0.15) is 11.4 Å². The van der Waals surface area contributed by atoms with Crippen LogP contribution in [0, 0.1) is 0 Å². The number of aromatic nitrogens is 2. The minimum Gasteiger partial charge on any atom is -0.354 e. The molecular formula is C13H8ClN3OS. The van der Waals surface area contributed by atoms with Crippen LogP contribution in [0.25, 0.3) is 22.7 Å². The highest BCUT2D eigenvalue weighted by molar-refractivity contribution is 7.13. The predicted octanol–water partition coefficient (Wildman–Crippen LogP) is 4.45. The lowest BCUT2D eigenvalue weighted by molar-refractivity contribution is 0.434. The van der Waals surface area contributed by atoms with E-state index in [0.29, 0.717) is 21.6 Å². The summed E-state index contributed by atoms with van der Waals surface area (Å²) in [6, 6.07) is 9.25. The van der Waals surface area contributed by atoms with Gasteiger partial charge in [0.05, 0.1) is 0 Å². The third kappa shape index (κ3) is 2.43. The van der Waals surface area contributed by atoms with Crippen molar-refractivity contribution in [2.75, 3.05) is 0 Å². The molecule has 0 aliphatic carbocycles. The molecule has 0 unspecified atom stereocenters. The van der Waals surface area contributed by atoms with Crippen LogP contribution in [-0.2, 0) is 0 Å². The summed E-state index contributed by atoms with van der Waals surface area (Å²) in [7, 11) is 0. The number of benzene rings is 1. The van der Waals surface area contributed by atoms with Gasteiger partial charge in [-0.25, -0.2) is 9.98 Å². The van der Waals surface area contributed by atoms with E-state index in [0.717, 1.165) is 11.3 Å². The first kappa shape index (κ1) is 12.1. The molecule has 0 radical (unpaired) electrons. The second kappa shape index (κ2) is 4.95. The molecule has 19 heavy (non-hydrogen) atoms. The Bertz CT molecular complexity index is 718. The van der Waals surface area contributed by atoms with Crippen molar-refractivity contribution in [3.8, 4) is 22.7 Å². The summed E-state index contributed by atoms with van der Waals surface area (Å²) >= 11 is 7.26. The Kier molecular flexibility index (Phi) is 3.15.